The van der Waals surface area contributed by atoms with Gasteiger partial charge in [0.05, 0.1) is 6.04 Å². The molecule has 1 aliphatic heterocycles. The summed E-state index contributed by atoms with van der Waals surface area (Å²) in [5.74, 6) is 1.48. The molecule has 3 rings (SSSR count). The molecule has 0 fully saturated rings. The van der Waals surface area contributed by atoms with Crippen LogP contribution in [0.5, 0.6) is 11.5 Å². The zero-order valence-corrected chi connectivity index (χ0v) is 17.8. The minimum atomic E-state index is -0.335. The molecule has 4 nitrogen and oxygen atoms in total. The highest BCUT2D eigenvalue weighted by atomic mass is 16.5. The van der Waals surface area contributed by atoms with Crippen molar-refractivity contribution in [1.29, 1.82) is 0 Å². The fraction of sp³-hybridized carbons (Fsp3) is 0.458. The lowest BCUT2D eigenvalue weighted by atomic mass is 9.86. The molecular weight excluding hydrogens is 350 g/mol. The Morgan fingerprint density at radius 2 is 1.93 bits per heavy atom. The van der Waals surface area contributed by atoms with E-state index in [2.05, 4.69) is 32.2 Å². The smallest absolute Gasteiger partial charge is 0.258 e. The second kappa shape index (κ2) is 7.50. The first-order chi connectivity index (χ1) is 13.0. The second-order valence-electron chi connectivity index (χ2n) is 9.26. The van der Waals surface area contributed by atoms with Crippen LogP contribution in [-0.2, 0) is 10.2 Å². The maximum atomic E-state index is 12.7. The molecule has 0 spiro atoms. The molecule has 0 aliphatic carbocycles. The molecule has 1 aliphatic rings. The van der Waals surface area contributed by atoms with Crippen molar-refractivity contribution in [2.75, 3.05) is 6.61 Å². The van der Waals surface area contributed by atoms with E-state index in [-0.39, 0.29) is 29.6 Å². The van der Waals surface area contributed by atoms with Crippen molar-refractivity contribution in [3.05, 3.63) is 59.2 Å². The minimum absolute atomic E-state index is 0.00786. The Kier molecular flexibility index (Phi) is 5.42. The van der Waals surface area contributed by atoms with Gasteiger partial charge in [0.25, 0.3) is 5.91 Å². The van der Waals surface area contributed by atoms with Gasteiger partial charge in [0.1, 0.15) is 17.1 Å². The number of benzene rings is 2. The van der Waals surface area contributed by atoms with Crippen LogP contribution in [0.15, 0.2) is 42.5 Å². The first-order valence-corrected chi connectivity index (χ1v) is 9.86. The Hall–Kier alpha value is -2.49. The SMILES string of the molecule is Cc1ccc2c(c1)OC(C)(C)CC2NC(=O)COc1ccccc1C(C)(C)C. The van der Waals surface area contributed by atoms with Crippen LogP contribution in [0.25, 0.3) is 0 Å². The van der Waals surface area contributed by atoms with Gasteiger partial charge in [-0.25, -0.2) is 0 Å². The number of aryl methyl sites for hydroxylation is 1. The minimum Gasteiger partial charge on any atom is -0.487 e. The van der Waals surface area contributed by atoms with Crippen LogP contribution >= 0.6 is 0 Å². The van der Waals surface area contributed by atoms with E-state index in [0.29, 0.717) is 6.42 Å². The third-order valence-electron chi connectivity index (χ3n) is 5.02. The fourth-order valence-electron chi connectivity index (χ4n) is 3.68. The third kappa shape index (κ3) is 4.67. The lowest BCUT2D eigenvalue weighted by Gasteiger charge is -2.38. The van der Waals surface area contributed by atoms with Gasteiger partial charge in [0, 0.05) is 12.0 Å². The zero-order valence-electron chi connectivity index (χ0n) is 17.8. The van der Waals surface area contributed by atoms with Crippen molar-refractivity contribution >= 4 is 5.91 Å². The number of carbonyl (C=O) groups excluding carboxylic acids is 1. The molecule has 1 heterocycles. The summed E-state index contributed by atoms with van der Waals surface area (Å²) in [4.78, 5) is 12.7. The third-order valence-corrected chi connectivity index (χ3v) is 5.02. The highest BCUT2D eigenvalue weighted by Crippen LogP contribution is 2.40. The number of hydrogen-bond donors (Lipinski definition) is 1. The molecule has 4 heteroatoms. The standard InChI is InChI=1S/C24H31NO3/c1-16-11-12-17-19(14-24(5,6)28-21(17)13-16)25-22(26)15-27-20-10-8-7-9-18(20)23(2,3)4/h7-13,19H,14-15H2,1-6H3,(H,25,26). The quantitative estimate of drug-likeness (QED) is 0.802. The summed E-state index contributed by atoms with van der Waals surface area (Å²) in [7, 11) is 0. The van der Waals surface area contributed by atoms with Crippen molar-refractivity contribution in [3.63, 3.8) is 0 Å². The van der Waals surface area contributed by atoms with E-state index in [4.69, 9.17) is 9.47 Å². The van der Waals surface area contributed by atoms with E-state index < -0.39 is 0 Å². The molecule has 0 radical (unpaired) electrons. The molecule has 1 N–H and O–H groups in total. The molecule has 1 amide bonds. The maximum absolute atomic E-state index is 12.7. The first-order valence-electron chi connectivity index (χ1n) is 9.86. The van der Waals surface area contributed by atoms with E-state index in [9.17, 15) is 4.79 Å². The number of fused-ring (bicyclic) bond motifs is 1. The van der Waals surface area contributed by atoms with Gasteiger partial charge < -0.3 is 14.8 Å². The van der Waals surface area contributed by atoms with Crippen LogP contribution in [0.4, 0.5) is 0 Å². The van der Waals surface area contributed by atoms with Crippen LogP contribution in [0.1, 0.15) is 63.8 Å². The summed E-state index contributed by atoms with van der Waals surface area (Å²) < 4.78 is 12.0. The molecular formula is C24H31NO3. The van der Waals surface area contributed by atoms with Crippen molar-refractivity contribution in [3.8, 4) is 11.5 Å². The van der Waals surface area contributed by atoms with Gasteiger partial charge in [0.15, 0.2) is 6.61 Å². The first kappa shape index (κ1) is 20.2. The maximum Gasteiger partial charge on any atom is 0.258 e. The number of rotatable bonds is 4. The molecule has 2 aromatic rings. The van der Waals surface area contributed by atoms with Crippen LogP contribution in [0.2, 0.25) is 0 Å². The normalized spacial score (nSPS) is 18.0. The number of carbonyl (C=O) groups is 1. The molecule has 0 aromatic heterocycles. The summed E-state index contributed by atoms with van der Waals surface area (Å²) in [6.07, 6.45) is 0.716. The number of para-hydroxylation sites is 1. The number of hydrogen-bond acceptors (Lipinski definition) is 3. The van der Waals surface area contributed by atoms with Crippen molar-refractivity contribution in [2.45, 2.75) is 65.0 Å². The number of ether oxygens (including phenoxy) is 2. The van der Waals surface area contributed by atoms with Crippen LogP contribution < -0.4 is 14.8 Å². The lowest BCUT2D eigenvalue weighted by molar-refractivity contribution is -0.124. The summed E-state index contributed by atoms with van der Waals surface area (Å²) in [6, 6.07) is 13.9. The predicted molar refractivity (Wildman–Crippen MR) is 112 cm³/mol. The molecule has 1 atom stereocenters. The highest BCUT2D eigenvalue weighted by Gasteiger charge is 2.34. The Bertz CT molecular complexity index is 864. The van der Waals surface area contributed by atoms with Crippen LogP contribution in [0, 0.1) is 6.92 Å². The molecule has 1 unspecified atom stereocenters. The zero-order chi connectivity index (χ0) is 20.5. The van der Waals surface area contributed by atoms with Gasteiger partial charge in [-0.2, -0.15) is 0 Å². The van der Waals surface area contributed by atoms with Crippen molar-refractivity contribution in [2.24, 2.45) is 0 Å². The average Bonchev–Trinajstić information content (AvgIpc) is 2.58. The topological polar surface area (TPSA) is 47.6 Å². The Morgan fingerprint density at radius 3 is 2.64 bits per heavy atom. The lowest BCUT2D eigenvalue weighted by Crippen LogP contribution is -2.42. The van der Waals surface area contributed by atoms with E-state index >= 15 is 0 Å². The van der Waals surface area contributed by atoms with Gasteiger partial charge in [-0.05, 0) is 49.4 Å². The Labute approximate surface area is 168 Å². The largest absolute Gasteiger partial charge is 0.487 e. The van der Waals surface area contributed by atoms with Crippen molar-refractivity contribution in [1.82, 2.24) is 5.32 Å². The summed E-state index contributed by atoms with van der Waals surface area (Å²) in [5, 5.41) is 3.13. The van der Waals surface area contributed by atoms with E-state index in [1.807, 2.05) is 57.2 Å². The highest BCUT2D eigenvalue weighted by molar-refractivity contribution is 5.78. The average molecular weight is 382 g/mol. The van der Waals surface area contributed by atoms with E-state index in [1.54, 1.807) is 0 Å². The molecule has 0 saturated carbocycles. The predicted octanol–water partition coefficient (Wildman–Crippen LogP) is 5.09. The molecule has 0 bridgehead atoms. The Morgan fingerprint density at radius 1 is 1.21 bits per heavy atom. The summed E-state index contributed by atoms with van der Waals surface area (Å²) in [6.45, 7) is 12.5. The number of amides is 1. The molecule has 28 heavy (non-hydrogen) atoms. The van der Waals surface area contributed by atoms with Gasteiger partial charge >= 0.3 is 0 Å². The fourth-order valence-corrected chi connectivity index (χ4v) is 3.68. The second-order valence-corrected chi connectivity index (χ2v) is 9.26. The molecule has 0 saturated heterocycles. The van der Waals surface area contributed by atoms with Gasteiger partial charge in [-0.15, -0.1) is 0 Å². The summed E-state index contributed by atoms with van der Waals surface area (Å²) in [5.41, 5.74) is 2.88. The van der Waals surface area contributed by atoms with E-state index in [1.165, 1.54) is 0 Å². The van der Waals surface area contributed by atoms with Gasteiger partial charge in [-0.1, -0.05) is 51.1 Å². The van der Waals surface area contributed by atoms with Crippen LogP contribution in [0.3, 0.4) is 0 Å². The summed E-state index contributed by atoms with van der Waals surface area (Å²) >= 11 is 0. The molecule has 2 aromatic carbocycles. The van der Waals surface area contributed by atoms with Crippen LogP contribution in [-0.4, -0.2) is 18.1 Å². The van der Waals surface area contributed by atoms with Gasteiger partial charge in [-0.3, -0.25) is 4.79 Å². The van der Waals surface area contributed by atoms with E-state index in [0.717, 1.165) is 28.2 Å². The monoisotopic (exact) mass is 381 g/mol. The Balaban J connectivity index is 1.71. The van der Waals surface area contributed by atoms with Crippen molar-refractivity contribution < 1.29 is 14.3 Å². The van der Waals surface area contributed by atoms with Gasteiger partial charge in [0.2, 0.25) is 0 Å². The number of nitrogens with one attached hydrogen (secondary N) is 1. The molecule has 150 valence electrons.